The molecule has 2 N–H and O–H groups in total. The van der Waals surface area contributed by atoms with E-state index in [4.69, 9.17) is 10.5 Å². The van der Waals surface area contributed by atoms with Crippen LogP contribution in [0.5, 0.6) is 0 Å². The first kappa shape index (κ1) is 18.3. The summed E-state index contributed by atoms with van der Waals surface area (Å²) in [6.45, 7) is 3.45. The number of rotatable bonds is 8. The fourth-order valence-corrected chi connectivity index (χ4v) is 2.37. The van der Waals surface area contributed by atoms with E-state index in [1.807, 2.05) is 44.2 Å². The number of nitrogens with zero attached hydrogens (tertiary/aromatic N) is 2. The molecule has 1 aromatic heterocycles. The van der Waals surface area contributed by atoms with Crippen molar-refractivity contribution in [2.75, 3.05) is 12.3 Å². The summed E-state index contributed by atoms with van der Waals surface area (Å²) in [5.41, 5.74) is 8.44. The van der Waals surface area contributed by atoms with Gasteiger partial charge in [-0.15, -0.1) is 0 Å². The molecule has 0 saturated carbocycles. The van der Waals surface area contributed by atoms with Crippen LogP contribution in [0.25, 0.3) is 0 Å². The number of hydrogen-bond acceptors (Lipinski definition) is 4. The van der Waals surface area contributed by atoms with Crippen molar-refractivity contribution in [3.8, 4) is 0 Å². The summed E-state index contributed by atoms with van der Waals surface area (Å²) in [5.74, 6) is -2.80. The van der Waals surface area contributed by atoms with E-state index in [9.17, 15) is 8.78 Å². The van der Waals surface area contributed by atoms with Gasteiger partial charge in [0.1, 0.15) is 12.9 Å². The molecule has 0 fully saturated rings. The Balaban J connectivity index is 1.87. The number of nitrogen functional groups attached to an aromatic ring is 1. The van der Waals surface area contributed by atoms with Crippen LogP contribution in [-0.4, -0.2) is 22.5 Å². The number of aryl methyl sites for hydroxylation is 1. The van der Waals surface area contributed by atoms with Crippen molar-refractivity contribution in [3.05, 3.63) is 53.6 Å². The first-order valence-corrected chi connectivity index (χ1v) is 7.98. The van der Waals surface area contributed by atoms with Crippen molar-refractivity contribution in [1.29, 1.82) is 0 Å². The molecule has 0 aliphatic rings. The molecule has 1 heterocycles. The predicted molar refractivity (Wildman–Crippen MR) is 89.9 cm³/mol. The zero-order valence-electron chi connectivity index (χ0n) is 14.0. The minimum absolute atomic E-state index is 0.0930. The van der Waals surface area contributed by atoms with Crippen molar-refractivity contribution < 1.29 is 13.5 Å². The van der Waals surface area contributed by atoms with Crippen LogP contribution in [0, 0.1) is 0 Å². The zero-order chi connectivity index (χ0) is 17.6. The summed E-state index contributed by atoms with van der Waals surface area (Å²) in [7, 11) is 0. The molecule has 24 heavy (non-hydrogen) atoms. The summed E-state index contributed by atoms with van der Waals surface area (Å²) in [4.78, 5) is 8.16. The summed E-state index contributed by atoms with van der Waals surface area (Å²) in [5, 5.41) is 0. The van der Waals surface area contributed by atoms with Crippen LogP contribution in [0.3, 0.4) is 0 Å². The maximum atomic E-state index is 14.0. The van der Waals surface area contributed by atoms with E-state index in [-0.39, 0.29) is 25.4 Å². The van der Waals surface area contributed by atoms with Gasteiger partial charge in [0.15, 0.2) is 0 Å². The van der Waals surface area contributed by atoms with Gasteiger partial charge in [-0.2, -0.15) is 0 Å². The largest absolute Gasteiger partial charge is 0.396 e. The molecule has 0 radical (unpaired) electrons. The predicted octanol–water partition coefficient (Wildman–Crippen LogP) is 3.97. The molecule has 0 bridgehead atoms. The van der Waals surface area contributed by atoms with Gasteiger partial charge in [-0.25, -0.2) is 18.7 Å². The fraction of sp³-hybridized carbons (Fsp3) is 0.444. The Morgan fingerprint density at radius 2 is 1.88 bits per heavy atom. The Morgan fingerprint density at radius 3 is 2.54 bits per heavy atom. The van der Waals surface area contributed by atoms with Gasteiger partial charge in [-0.05, 0) is 17.9 Å². The van der Waals surface area contributed by atoms with Gasteiger partial charge in [0.05, 0.1) is 23.7 Å². The average Bonchev–Trinajstić information content (AvgIpc) is 2.54. The Kier molecular flexibility index (Phi) is 6.20. The number of hydrogen-bond donors (Lipinski definition) is 1. The van der Waals surface area contributed by atoms with Crippen LogP contribution < -0.4 is 5.73 Å². The second-order valence-electron chi connectivity index (χ2n) is 6.11. The van der Waals surface area contributed by atoms with Crippen LogP contribution in [-0.2, 0) is 17.8 Å². The van der Waals surface area contributed by atoms with Gasteiger partial charge in [-0.3, -0.25) is 0 Å². The van der Waals surface area contributed by atoms with Crippen molar-refractivity contribution in [1.82, 2.24) is 9.97 Å². The molecule has 1 aromatic carbocycles. The van der Waals surface area contributed by atoms with E-state index in [2.05, 4.69) is 9.97 Å². The minimum Gasteiger partial charge on any atom is -0.396 e. The zero-order valence-corrected chi connectivity index (χ0v) is 14.0. The topological polar surface area (TPSA) is 61.0 Å². The highest BCUT2D eigenvalue weighted by Gasteiger charge is 2.29. The second kappa shape index (κ2) is 8.15. The Bertz CT molecular complexity index is 648. The maximum Gasteiger partial charge on any atom is 0.271 e. The minimum atomic E-state index is -2.93. The number of benzene rings is 1. The Morgan fingerprint density at radius 1 is 1.17 bits per heavy atom. The SMILES string of the molecule is CC(C)c1ncnc(CCC(F)(F)COCc2ccccc2)c1N. The molecular weight excluding hydrogens is 312 g/mol. The normalized spacial score (nSPS) is 11.9. The molecule has 0 aliphatic heterocycles. The van der Waals surface area contributed by atoms with E-state index in [0.717, 1.165) is 5.56 Å². The van der Waals surface area contributed by atoms with Gasteiger partial charge < -0.3 is 10.5 Å². The van der Waals surface area contributed by atoms with E-state index in [1.165, 1.54) is 6.33 Å². The molecule has 4 nitrogen and oxygen atoms in total. The maximum absolute atomic E-state index is 14.0. The lowest BCUT2D eigenvalue weighted by atomic mass is 10.0. The molecule has 130 valence electrons. The molecule has 0 spiro atoms. The quantitative estimate of drug-likeness (QED) is 0.793. The van der Waals surface area contributed by atoms with Crippen LogP contribution in [0.4, 0.5) is 14.5 Å². The highest BCUT2D eigenvalue weighted by atomic mass is 19.3. The average molecular weight is 335 g/mol. The lowest BCUT2D eigenvalue weighted by Gasteiger charge is -2.17. The van der Waals surface area contributed by atoms with Gasteiger partial charge in [-0.1, -0.05) is 44.2 Å². The third kappa shape index (κ3) is 5.23. The number of aromatic nitrogens is 2. The van der Waals surface area contributed by atoms with Gasteiger partial charge in [0.25, 0.3) is 5.92 Å². The lowest BCUT2D eigenvalue weighted by Crippen LogP contribution is -2.25. The van der Waals surface area contributed by atoms with E-state index < -0.39 is 12.5 Å². The van der Waals surface area contributed by atoms with Crippen molar-refractivity contribution in [3.63, 3.8) is 0 Å². The molecule has 0 aliphatic carbocycles. The van der Waals surface area contributed by atoms with Crippen LogP contribution in [0.15, 0.2) is 36.7 Å². The van der Waals surface area contributed by atoms with Gasteiger partial charge >= 0.3 is 0 Å². The first-order chi connectivity index (χ1) is 11.4. The second-order valence-corrected chi connectivity index (χ2v) is 6.11. The third-order valence-corrected chi connectivity index (χ3v) is 3.70. The van der Waals surface area contributed by atoms with Crippen LogP contribution in [0.1, 0.15) is 43.1 Å². The number of anilines is 1. The number of alkyl halides is 2. The summed E-state index contributed by atoms with van der Waals surface area (Å²) >= 11 is 0. The molecule has 6 heteroatoms. The fourth-order valence-electron chi connectivity index (χ4n) is 2.37. The van der Waals surface area contributed by atoms with Crippen LogP contribution in [0.2, 0.25) is 0 Å². The molecule has 0 amide bonds. The highest BCUT2D eigenvalue weighted by Crippen LogP contribution is 2.26. The van der Waals surface area contributed by atoms with E-state index in [0.29, 0.717) is 17.1 Å². The van der Waals surface area contributed by atoms with Crippen molar-refractivity contribution in [2.45, 2.75) is 45.1 Å². The number of nitrogens with two attached hydrogens (primary N) is 1. The molecule has 0 unspecified atom stereocenters. The third-order valence-electron chi connectivity index (χ3n) is 3.70. The Hall–Kier alpha value is -2.08. The highest BCUT2D eigenvalue weighted by molar-refractivity contribution is 5.48. The molecule has 2 aromatic rings. The number of halogens is 2. The molecule has 0 saturated heterocycles. The van der Waals surface area contributed by atoms with Crippen molar-refractivity contribution >= 4 is 5.69 Å². The summed E-state index contributed by atoms with van der Waals surface area (Å²) in [6, 6.07) is 9.25. The lowest BCUT2D eigenvalue weighted by molar-refractivity contribution is -0.0863. The standard InChI is InChI=1S/C18H23F2N3O/c1-13(2)17-16(21)15(22-12-23-17)8-9-18(19,20)11-24-10-14-6-4-3-5-7-14/h3-7,12-13H,8-11,21H2,1-2H3. The van der Waals surface area contributed by atoms with Crippen molar-refractivity contribution in [2.24, 2.45) is 0 Å². The first-order valence-electron chi connectivity index (χ1n) is 7.98. The number of ether oxygens (including phenoxy) is 1. The molecule has 2 rings (SSSR count). The van der Waals surface area contributed by atoms with E-state index in [1.54, 1.807) is 0 Å². The van der Waals surface area contributed by atoms with E-state index >= 15 is 0 Å². The smallest absolute Gasteiger partial charge is 0.271 e. The monoisotopic (exact) mass is 335 g/mol. The molecule has 0 atom stereocenters. The summed E-state index contributed by atoms with van der Waals surface area (Å²) in [6.07, 6.45) is 1.11. The Labute approximate surface area is 141 Å². The summed E-state index contributed by atoms with van der Waals surface area (Å²) < 4.78 is 33.1. The molecular formula is C18H23F2N3O. The van der Waals surface area contributed by atoms with Gasteiger partial charge in [0.2, 0.25) is 0 Å². The van der Waals surface area contributed by atoms with Crippen LogP contribution >= 0.6 is 0 Å². The van der Waals surface area contributed by atoms with Gasteiger partial charge in [0, 0.05) is 6.42 Å².